The largest absolute Gasteiger partial charge is 0.472 e. The predicted octanol–water partition coefficient (Wildman–Crippen LogP) is 3.67. The number of hydrogen-bond acceptors (Lipinski definition) is 7. The van der Waals surface area contributed by atoms with Gasteiger partial charge in [-0.15, -0.1) is 10.2 Å². The lowest BCUT2D eigenvalue weighted by Gasteiger charge is -2.07. The summed E-state index contributed by atoms with van der Waals surface area (Å²) >= 11 is 1.46. The summed E-state index contributed by atoms with van der Waals surface area (Å²) < 4.78 is 11.2. The molecule has 2 heterocycles. The Hall–Kier alpha value is -2.67. The van der Waals surface area contributed by atoms with Crippen LogP contribution in [0.1, 0.15) is 11.3 Å². The van der Waals surface area contributed by atoms with Crippen molar-refractivity contribution in [1.82, 2.24) is 20.2 Å². The zero-order chi connectivity index (χ0) is 16.8. The number of thioether (sulfide) groups is 1. The van der Waals surface area contributed by atoms with Crippen LogP contribution in [0.25, 0.3) is 0 Å². The highest BCUT2D eigenvalue weighted by Gasteiger charge is 2.06. The molecule has 122 valence electrons. The maximum absolute atomic E-state index is 5.63. The Morgan fingerprint density at radius 3 is 2.38 bits per heavy atom. The second-order valence-corrected chi connectivity index (χ2v) is 5.69. The van der Waals surface area contributed by atoms with Crippen LogP contribution < -0.4 is 9.47 Å². The van der Waals surface area contributed by atoms with E-state index in [-0.39, 0.29) is 0 Å². The standard InChI is InChI=1S/C17H16N4O2S/c1-12-10-16(19-17(18-12)24-2)23-15-9-8-14(20-21-15)22-11-13-6-4-3-5-7-13/h3-10H,11H2,1-2H3. The van der Waals surface area contributed by atoms with Gasteiger partial charge >= 0.3 is 0 Å². The van der Waals surface area contributed by atoms with Crippen molar-refractivity contribution in [3.63, 3.8) is 0 Å². The summed E-state index contributed by atoms with van der Waals surface area (Å²) in [6.45, 7) is 2.33. The van der Waals surface area contributed by atoms with Gasteiger partial charge in [-0.25, -0.2) is 4.98 Å². The number of aryl methyl sites for hydroxylation is 1. The SMILES string of the molecule is CSc1nc(C)cc(Oc2ccc(OCc3ccccc3)nn2)n1. The van der Waals surface area contributed by atoms with Crippen molar-refractivity contribution in [1.29, 1.82) is 0 Å². The highest BCUT2D eigenvalue weighted by molar-refractivity contribution is 7.98. The minimum atomic E-state index is 0.354. The average Bonchev–Trinajstić information content (AvgIpc) is 2.61. The second-order valence-electron chi connectivity index (χ2n) is 4.92. The third-order valence-corrected chi connectivity index (χ3v) is 3.59. The van der Waals surface area contributed by atoms with Crippen LogP contribution in [0.3, 0.4) is 0 Å². The quantitative estimate of drug-likeness (QED) is 0.501. The summed E-state index contributed by atoms with van der Waals surface area (Å²) in [6, 6.07) is 15.0. The maximum Gasteiger partial charge on any atom is 0.241 e. The topological polar surface area (TPSA) is 70.0 Å². The molecule has 24 heavy (non-hydrogen) atoms. The van der Waals surface area contributed by atoms with E-state index < -0.39 is 0 Å². The van der Waals surface area contributed by atoms with Crippen LogP contribution in [-0.2, 0) is 6.61 Å². The Labute approximate surface area is 144 Å². The van der Waals surface area contributed by atoms with Crippen LogP contribution in [0.2, 0.25) is 0 Å². The Morgan fingerprint density at radius 2 is 1.67 bits per heavy atom. The van der Waals surface area contributed by atoms with Gasteiger partial charge in [-0.3, -0.25) is 0 Å². The molecule has 0 saturated heterocycles. The first-order valence-electron chi connectivity index (χ1n) is 7.31. The monoisotopic (exact) mass is 340 g/mol. The highest BCUT2D eigenvalue weighted by atomic mass is 32.2. The molecule has 3 rings (SSSR count). The van der Waals surface area contributed by atoms with Crippen molar-refractivity contribution in [2.45, 2.75) is 18.7 Å². The molecular weight excluding hydrogens is 324 g/mol. The van der Waals surface area contributed by atoms with Crippen LogP contribution in [-0.4, -0.2) is 26.4 Å². The lowest BCUT2D eigenvalue weighted by molar-refractivity contribution is 0.288. The van der Waals surface area contributed by atoms with E-state index in [1.165, 1.54) is 11.8 Å². The van der Waals surface area contributed by atoms with Crippen LogP contribution >= 0.6 is 11.8 Å². The van der Waals surface area contributed by atoms with Crippen LogP contribution in [0.4, 0.5) is 0 Å². The molecule has 0 N–H and O–H groups in total. The van der Waals surface area contributed by atoms with Gasteiger partial charge in [0.2, 0.25) is 17.6 Å². The number of nitrogens with zero attached hydrogens (tertiary/aromatic N) is 4. The van der Waals surface area contributed by atoms with Gasteiger partial charge in [0, 0.05) is 23.9 Å². The molecule has 0 amide bonds. The fourth-order valence-corrected chi connectivity index (χ4v) is 2.35. The van der Waals surface area contributed by atoms with Gasteiger partial charge < -0.3 is 9.47 Å². The van der Waals surface area contributed by atoms with E-state index in [1.54, 1.807) is 18.2 Å². The lowest BCUT2D eigenvalue weighted by Crippen LogP contribution is -2.00. The van der Waals surface area contributed by atoms with Crippen LogP contribution in [0.5, 0.6) is 17.6 Å². The smallest absolute Gasteiger partial charge is 0.241 e. The van der Waals surface area contributed by atoms with E-state index in [0.717, 1.165) is 11.3 Å². The summed E-state index contributed by atoms with van der Waals surface area (Å²) in [5.74, 6) is 1.24. The highest BCUT2D eigenvalue weighted by Crippen LogP contribution is 2.21. The Kier molecular flexibility index (Phi) is 5.22. The molecule has 0 radical (unpaired) electrons. The number of benzene rings is 1. The van der Waals surface area contributed by atoms with Crippen molar-refractivity contribution in [2.24, 2.45) is 0 Å². The minimum Gasteiger partial charge on any atom is -0.472 e. The van der Waals surface area contributed by atoms with Gasteiger partial charge in [0.1, 0.15) is 6.61 Å². The molecule has 0 aliphatic carbocycles. The molecule has 0 aliphatic rings. The molecule has 1 aromatic carbocycles. The summed E-state index contributed by atoms with van der Waals surface area (Å²) in [4.78, 5) is 8.55. The minimum absolute atomic E-state index is 0.354. The van der Waals surface area contributed by atoms with E-state index in [2.05, 4.69) is 20.2 Å². The molecule has 0 unspecified atom stereocenters. The Morgan fingerprint density at radius 1 is 0.917 bits per heavy atom. The molecule has 0 spiro atoms. The van der Waals surface area contributed by atoms with Crippen molar-refractivity contribution < 1.29 is 9.47 Å². The molecule has 0 atom stereocenters. The van der Waals surface area contributed by atoms with E-state index >= 15 is 0 Å². The number of rotatable bonds is 6. The summed E-state index contributed by atoms with van der Waals surface area (Å²) in [5, 5.41) is 8.67. The first-order valence-corrected chi connectivity index (χ1v) is 8.53. The molecule has 3 aromatic rings. The predicted molar refractivity (Wildman–Crippen MR) is 91.4 cm³/mol. The van der Waals surface area contributed by atoms with Gasteiger partial charge in [0.15, 0.2) is 5.16 Å². The molecule has 0 saturated carbocycles. The molecular formula is C17H16N4O2S. The Balaban J connectivity index is 1.63. The summed E-state index contributed by atoms with van der Waals surface area (Å²) in [6.07, 6.45) is 1.91. The van der Waals surface area contributed by atoms with Gasteiger partial charge in [-0.05, 0) is 18.7 Å². The lowest BCUT2D eigenvalue weighted by atomic mass is 10.2. The van der Waals surface area contributed by atoms with Crippen molar-refractivity contribution in [2.75, 3.05) is 6.26 Å². The number of ether oxygens (including phenoxy) is 2. The normalized spacial score (nSPS) is 10.4. The molecule has 7 heteroatoms. The summed E-state index contributed by atoms with van der Waals surface area (Å²) in [5.41, 5.74) is 1.90. The molecule has 0 aliphatic heterocycles. The second kappa shape index (κ2) is 7.74. The van der Waals surface area contributed by atoms with E-state index in [9.17, 15) is 0 Å². The first kappa shape index (κ1) is 16.2. The molecule has 2 aromatic heterocycles. The summed E-state index contributed by atoms with van der Waals surface area (Å²) in [7, 11) is 0. The number of hydrogen-bond donors (Lipinski definition) is 0. The van der Waals surface area contributed by atoms with Gasteiger partial charge in [0.25, 0.3) is 0 Å². The van der Waals surface area contributed by atoms with Crippen molar-refractivity contribution >= 4 is 11.8 Å². The van der Waals surface area contributed by atoms with E-state index in [1.807, 2.05) is 43.5 Å². The third-order valence-electron chi connectivity index (χ3n) is 3.05. The molecule has 0 fully saturated rings. The average molecular weight is 340 g/mol. The number of aromatic nitrogens is 4. The van der Waals surface area contributed by atoms with Gasteiger partial charge in [-0.1, -0.05) is 42.1 Å². The van der Waals surface area contributed by atoms with Crippen molar-refractivity contribution in [3.05, 3.63) is 59.8 Å². The van der Waals surface area contributed by atoms with Crippen molar-refractivity contribution in [3.8, 4) is 17.6 Å². The van der Waals surface area contributed by atoms with E-state index in [4.69, 9.17) is 9.47 Å². The fourth-order valence-electron chi connectivity index (χ4n) is 1.93. The third kappa shape index (κ3) is 4.42. The molecule has 6 nitrogen and oxygen atoms in total. The fraction of sp³-hybridized carbons (Fsp3) is 0.176. The van der Waals surface area contributed by atoms with E-state index in [0.29, 0.717) is 29.4 Å². The first-order chi connectivity index (χ1) is 11.7. The molecule has 0 bridgehead atoms. The van der Waals surface area contributed by atoms with Crippen LogP contribution in [0.15, 0.2) is 53.7 Å². The maximum atomic E-state index is 5.63. The Bertz CT molecular complexity index is 797. The van der Waals surface area contributed by atoms with Gasteiger partial charge in [-0.2, -0.15) is 4.98 Å². The van der Waals surface area contributed by atoms with Gasteiger partial charge in [0.05, 0.1) is 0 Å². The van der Waals surface area contributed by atoms with Crippen LogP contribution in [0, 0.1) is 6.92 Å². The zero-order valence-corrected chi connectivity index (χ0v) is 14.2. The zero-order valence-electron chi connectivity index (χ0n) is 13.3.